The minimum absolute atomic E-state index is 0.0110. The Balaban J connectivity index is 1.92. The number of sulfone groups is 1. The number of methoxy groups -OCH3 is 1. The van der Waals surface area contributed by atoms with E-state index in [9.17, 15) is 13.2 Å². The van der Waals surface area contributed by atoms with Crippen LogP contribution >= 0.6 is 0 Å². The van der Waals surface area contributed by atoms with Crippen molar-refractivity contribution in [1.82, 2.24) is 9.36 Å². The fourth-order valence-corrected chi connectivity index (χ4v) is 5.58. The lowest BCUT2D eigenvalue weighted by atomic mass is 10.2. The van der Waals surface area contributed by atoms with Gasteiger partial charge in [0.1, 0.15) is 5.75 Å². The molecule has 5 rings (SSSR count). The molecule has 0 fully saturated rings. The van der Waals surface area contributed by atoms with E-state index < -0.39 is 15.4 Å². The fourth-order valence-electron chi connectivity index (χ4n) is 4.04. The van der Waals surface area contributed by atoms with Gasteiger partial charge >= 0.3 is 0 Å². The third kappa shape index (κ3) is 3.45. The zero-order chi connectivity index (χ0) is 23.9. The quantitative estimate of drug-likeness (QED) is 0.388. The van der Waals surface area contributed by atoms with E-state index >= 15 is 0 Å². The van der Waals surface area contributed by atoms with Crippen LogP contribution in [0.1, 0.15) is 0 Å². The van der Waals surface area contributed by atoms with E-state index in [0.29, 0.717) is 22.6 Å². The predicted octanol–water partition coefficient (Wildman–Crippen LogP) is 4.21. The molecule has 0 unspecified atom stereocenters. The Morgan fingerprint density at radius 3 is 2.00 bits per heavy atom. The lowest BCUT2D eigenvalue weighted by Crippen LogP contribution is -2.20. The molecular weight excluding hydrogens is 450 g/mol. The van der Waals surface area contributed by atoms with Crippen molar-refractivity contribution < 1.29 is 13.2 Å². The molecule has 0 radical (unpaired) electrons. The normalized spacial score (nSPS) is 11.6. The Labute approximate surface area is 196 Å². The Bertz CT molecular complexity index is 1670. The molecule has 0 aliphatic carbocycles. The van der Waals surface area contributed by atoms with Crippen molar-refractivity contribution >= 4 is 26.4 Å². The number of para-hydroxylation sites is 2. The molecule has 170 valence electrons. The highest BCUT2D eigenvalue weighted by atomic mass is 32.2. The molecule has 0 aliphatic heterocycles. The number of anilines is 1. The number of ether oxygens (including phenoxy) is 1. The van der Waals surface area contributed by atoms with E-state index in [1.165, 1.54) is 30.0 Å². The maximum absolute atomic E-state index is 13.9. The van der Waals surface area contributed by atoms with Gasteiger partial charge < -0.3 is 10.5 Å². The van der Waals surface area contributed by atoms with E-state index in [2.05, 4.69) is 0 Å². The molecule has 34 heavy (non-hydrogen) atoms. The van der Waals surface area contributed by atoms with Crippen LogP contribution in [-0.4, -0.2) is 24.9 Å². The highest BCUT2D eigenvalue weighted by molar-refractivity contribution is 7.91. The molecule has 0 saturated carbocycles. The predicted molar refractivity (Wildman–Crippen MR) is 132 cm³/mol. The Morgan fingerprint density at radius 1 is 0.765 bits per heavy atom. The van der Waals surface area contributed by atoms with Crippen LogP contribution in [0.15, 0.2) is 112 Å². The van der Waals surface area contributed by atoms with Gasteiger partial charge in [-0.25, -0.2) is 17.8 Å². The minimum Gasteiger partial charge on any atom is -0.497 e. The highest BCUT2D eigenvalue weighted by Crippen LogP contribution is 2.32. The summed E-state index contributed by atoms with van der Waals surface area (Å²) in [5.41, 5.74) is 7.62. The summed E-state index contributed by atoms with van der Waals surface area (Å²) in [6.07, 6.45) is 0. The van der Waals surface area contributed by atoms with Crippen molar-refractivity contribution in [3.05, 3.63) is 107 Å². The zero-order valence-electron chi connectivity index (χ0n) is 18.3. The van der Waals surface area contributed by atoms with Crippen molar-refractivity contribution in [2.24, 2.45) is 0 Å². The van der Waals surface area contributed by atoms with E-state index in [4.69, 9.17) is 10.5 Å². The van der Waals surface area contributed by atoms with Crippen molar-refractivity contribution in [3.63, 3.8) is 0 Å². The average molecular weight is 472 g/mol. The molecule has 7 nitrogen and oxygen atoms in total. The first-order valence-electron chi connectivity index (χ1n) is 10.5. The molecule has 5 aromatic rings. The second-order valence-electron chi connectivity index (χ2n) is 7.70. The van der Waals surface area contributed by atoms with Gasteiger partial charge in [-0.2, -0.15) is 0 Å². The van der Waals surface area contributed by atoms with E-state index in [0.717, 1.165) is 0 Å². The summed E-state index contributed by atoms with van der Waals surface area (Å²) in [4.78, 5) is 13.7. The molecule has 0 amide bonds. The summed E-state index contributed by atoms with van der Waals surface area (Å²) >= 11 is 0. The van der Waals surface area contributed by atoms with Crippen LogP contribution in [-0.2, 0) is 9.84 Å². The van der Waals surface area contributed by atoms with Gasteiger partial charge in [0.25, 0.3) is 5.56 Å². The first kappa shape index (κ1) is 21.5. The van der Waals surface area contributed by atoms with Gasteiger partial charge in [0.05, 0.1) is 39.2 Å². The average Bonchev–Trinajstić information content (AvgIpc) is 3.16. The Hall–Kier alpha value is -4.30. The van der Waals surface area contributed by atoms with Gasteiger partial charge in [0.2, 0.25) is 9.84 Å². The Kier molecular flexibility index (Phi) is 5.22. The molecule has 1 heterocycles. The molecule has 0 aliphatic rings. The number of benzene rings is 4. The molecule has 0 atom stereocenters. The van der Waals surface area contributed by atoms with Crippen LogP contribution in [0.3, 0.4) is 0 Å². The summed E-state index contributed by atoms with van der Waals surface area (Å²) < 4.78 is 35.8. The van der Waals surface area contributed by atoms with E-state index in [1.54, 1.807) is 35.0 Å². The second-order valence-corrected chi connectivity index (χ2v) is 9.61. The van der Waals surface area contributed by atoms with Crippen LogP contribution < -0.4 is 16.0 Å². The first-order valence-corrected chi connectivity index (χ1v) is 12.0. The number of hydrogen-bond acceptors (Lipinski definition) is 5. The number of nitrogen functional groups attached to an aromatic ring is 1. The van der Waals surface area contributed by atoms with Crippen molar-refractivity contribution in [3.8, 4) is 17.1 Å². The van der Waals surface area contributed by atoms with E-state index in [-0.39, 0.29) is 20.9 Å². The lowest BCUT2D eigenvalue weighted by molar-refractivity contribution is 0.413. The van der Waals surface area contributed by atoms with Gasteiger partial charge in [-0.1, -0.05) is 42.5 Å². The molecule has 0 bridgehead atoms. The van der Waals surface area contributed by atoms with Gasteiger partial charge in [-0.15, -0.1) is 0 Å². The van der Waals surface area contributed by atoms with Crippen molar-refractivity contribution in [2.75, 3.05) is 12.8 Å². The van der Waals surface area contributed by atoms with Gasteiger partial charge in [0, 0.05) is 5.69 Å². The standard InChI is InChI=1S/C26H21N3O4S/c1-33-21-13-8-14-22(17-21)34(31,32)24-16-18(27)15-23-25(24)26(30)29(20-11-6-3-7-12-20)28(23)19-9-4-2-5-10-19/h2-17H,27H2,1H3. The van der Waals surface area contributed by atoms with Crippen LogP contribution in [0.4, 0.5) is 5.69 Å². The second kappa shape index (κ2) is 8.24. The minimum atomic E-state index is -4.10. The fraction of sp³-hybridized carbons (Fsp3) is 0.0385. The maximum atomic E-state index is 13.9. The SMILES string of the molecule is COc1cccc(S(=O)(=O)c2cc(N)cc3c2c(=O)n(-c2ccccc2)n3-c2ccccc2)c1. The van der Waals surface area contributed by atoms with E-state index in [1.807, 2.05) is 48.5 Å². The molecule has 2 N–H and O–H groups in total. The number of rotatable bonds is 5. The van der Waals surface area contributed by atoms with Crippen molar-refractivity contribution in [1.29, 1.82) is 0 Å². The Morgan fingerprint density at radius 2 is 1.38 bits per heavy atom. The number of fused-ring (bicyclic) bond motifs is 1. The first-order chi connectivity index (χ1) is 16.4. The summed E-state index contributed by atoms with van der Waals surface area (Å²) in [5.74, 6) is 0.393. The van der Waals surface area contributed by atoms with Gasteiger partial charge in [-0.05, 0) is 54.6 Å². The monoisotopic (exact) mass is 471 g/mol. The molecule has 8 heteroatoms. The molecule has 0 saturated heterocycles. The summed E-state index contributed by atoms with van der Waals surface area (Å²) in [6, 6.07) is 27.4. The highest BCUT2D eigenvalue weighted by Gasteiger charge is 2.27. The zero-order valence-corrected chi connectivity index (χ0v) is 19.1. The molecule has 4 aromatic carbocycles. The maximum Gasteiger partial charge on any atom is 0.280 e. The third-order valence-electron chi connectivity index (χ3n) is 5.58. The number of aromatic nitrogens is 2. The van der Waals surface area contributed by atoms with Crippen LogP contribution in [0.25, 0.3) is 22.3 Å². The summed E-state index contributed by atoms with van der Waals surface area (Å²) in [7, 11) is -2.64. The van der Waals surface area contributed by atoms with Gasteiger partial charge in [-0.3, -0.25) is 4.79 Å². The van der Waals surface area contributed by atoms with Crippen molar-refractivity contribution in [2.45, 2.75) is 9.79 Å². The topological polar surface area (TPSA) is 96.3 Å². The van der Waals surface area contributed by atoms with Crippen LogP contribution in [0.2, 0.25) is 0 Å². The smallest absolute Gasteiger partial charge is 0.280 e. The van der Waals surface area contributed by atoms with Gasteiger partial charge in [0.15, 0.2) is 0 Å². The molecule has 1 aromatic heterocycles. The number of hydrogen-bond donors (Lipinski definition) is 1. The number of nitrogens with two attached hydrogens (primary N) is 1. The summed E-state index contributed by atoms with van der Waals surface area (Å²) in [5, 5.41) is 0.0599. The van der Waals surface area contributed by atoms with Crippen LogP contribution in [0.5, 0.6) is 5.75 Å². The molecule has 0 spiro atoms. The third-order valence-corrected chi connectivity index (χ3v) is 7.36. The van der Waals surface area contributed by atoms with Crippen LogP contribution in [0, 0.1) is 0 Å². The largest absolute Gasteiger partial charge is 0.497 e. The molecular formula is C26H21N3O4S. The summed E-state index contributed by atoms with van der Waals surface area (Å²) in [6.45, 7) is 0. The lowest BCUT2D eigenvalue weighted by Gasteiger charge is -2.13. The number of nitrogens with zero attached hydrogens (tertiary/aromatic N) is 2.